The summed E-state index contributed by atoms with van der Waals surface area (Å²) in [7, 11) is 0. The van der Waals surface area contributed by atoms with Crippen molar-refractivity contribution in [3.05, 3.63) is 106 Å². The Labute approximate surface area is 357 Å². The van der Waals surface area contributed by atoms with Gasteiger partial charge in [-0.15, -0.1) is 0 Å². The van der Waals surface area contributed by atoms with E-state index in [0.717, 1.165) is 145 Å². The van der Waals surface area contributed by atoms with Crippen molar-refractivity contribution >= 4 is 45.3 Å². The molecule has 6 aromatic rings. The van der Waals surface area contributed by atoms with Gasteiger partial charge in [-0.05, 0) is 94.2 Å². The van der Waals surface area contributed by atoms with Gasteiger partial charge in [-0.3, -0.25) is 9.59 Å². The van der Waals surface area contributed by atoms with E-state index >= 15 is 0 Å². The molecule has 0 radical (unpaired) electrons. The minimum Gasteiger partial charge on any atom is -0.381 e. The number of aromatic nitrogens is 6. The third-order valence-corrected chi connectivity index (χ3v) is 12.0. The number of amides is 2. The van der Waals surface area contributed by atoms with Crippen LogP contribution in [0, 0.1) is 0 Å². The average Bonchev–Trinajstić information content (AvgIpc) is 3.92. The van der Waals surface area contributed by atoms with Crippen molar-refractivity contribution in [2.24, 2.45) is 0 Å². The first-order chi connectivity index (χ1) is 29.9. The number of carbonyl (C=O) groups is 2. The smallest absolute Gasteiger partial charge is 0.251 e. The largest absolute Gasteiger partial charge is 0.381 e. The molecule has 0 atom stereocenters. The van der Waals surface area contributed by atoms with Crippen LogP contribution in [0.5, 0.6) is 0 Å². The van der Waals surface area contributed by atoms with Crippen LogP contribution in [0.2, 0.25) is 0 Å². The van der Waals surface area contributed by atoms with Crippen LogP contribution in [-0.2, 0) is 54.9 Å². The second-order valence-corrected chi connectivity index (χ2v) is 15.9. The number of carbonyl (C=O) groups excluding carboxylic acids is 2. The molecular formula is C47H58N10O4. The number of hydrogen-bond donors (Lipinski definition) is 4. The highest BCUT2D eigenvalue weighted by atomic mass is 16.5. The lowest BCUT2D eigenvalue weighted by molar-refractivity contribution is 0.0903. The van der Waals surface area contributed by atoms with Crippen LogP contribution in [0.1, 0.15) is 108 Å². The van der Waals surface area contributed by atoms with E-state index in [1.807, 2.05) is 70.3 Å². The second-order valence-electron chi connectivity index (χ2n) is 15.9. The normalized spacial score (nSPS) is 15.0. The fraction of sp³-hybridized carbons (Fsp3) is 0.447. The van der Waals surface area contributed by atoms with Gasteiger partial charge in [0.25, 0.3) is 11.8 Å². The van der Waals surface area contributed by atoms with E-state index in [1.165, 1.54) is 0 Å². The molecule has 14 heteroatoms. The highest BCUT2D eigenvalue weighted by molar-refractivity contribution is 5.96. The number of benzene rings is 2. The predicted molar refractivity (Wildman–Crippen MR) is 238 cm³/mol. The molecule has 0 aliphatic carbocycles. The Morgan fingerprint density at radius 1 is 0.607 bits per heavy atom. The van der Waals surface area contributed by atoms with Gasteiger partial charge in [0.2, 0.25) is 0 Å². The number of hydrogen-bond acceptors (Lipinski definition) is 10. The van der Waals surface area contributed by atoms with Gasteiger partial charge in [-0.1, -0.05) is 38.1 Å². The summed E-state index contributed by atoms with van der Waals surface area (Å²) in [5.41, 5.74) is 10.9. The molecule has 4 aromatic heterocycles. The van der Waals surface area contributed by atoms with E-state index in [-0.39, 0.29) is 23.9 Å². The van der Waals surface area contributed by atoms with Gasteiger partial charge in [0.05, 0.1) is 34.5 Å². The molecule has 61 heavy (non-hydrogen) atoms. The number of nitrogens with one attached hydrogen (secondary N) is 4. The van der Waals surface area contributed by atoms with E-state index in [9.17, 15) is 9.59 Å². The summed E-state index contributed by atoms with van der Waals surface area (Å²) in [4.78, 5) is 37.1. The lowest BCUT2D eigenvalue weighted by Gasteiger charge is -2.26. The lowest BCUT2D eigenvalue weighted by atomic mass is 10.0. The molecule has 2 aromatic carbocycles. The quantitative estimate of drug-likeness (QED) is 0.0802. The Hall–Kier alpha value is -5.86. The van der Waals surface area contributed by atoms with Crippen molar-refractivity contribution in [3.63, 3.8) is 0 Å². The molecule has 0 saturated carbocycles. The van der Waals surface area contributed by atoms with Crippen LogP contribution >= 0.6 is 0 Å². The van der Waals surface area contributed by atoms with Crippen LogP contribution in [0.4, 0.5) is 11.4 Å². The average molecular weight is 827 g/mol. The summed E-state index contributed by atoms with van der Waals surface area (Å²) < 4.78 is 15.1. The van der Waals surface area contributed by atoms with Crippen molar-refractivity contribution < 1.29 is 19.1 Å². The van der Waals surface area contributed by atoms with E-state index < -0.39 is 0 Å². The van der Waals surface area contributed by atoms with Crippen molar-refractivity contribution in [1.82, 2.24) is 40.2 Å². The molecule has 6 heterocycles. The summed E-state index contributed by atoms with van der Waals surface area (Å²) in [5.74, 6) is -0.288. The fourth-order valence-electron chi connectivity index (χ4n) is 8.53. The molecule has 4 N–H and O–H groups in total. The highest BCUT2D eigenvalue weighted by Crippen LogP contribution is 2.33. The standard InChI is InChI=1S/C47H58N10O4/c1-5-40-36(42(52-34-17-21-60-22-18-34)38-28-50-56(7-3)44(38)54-40)26-48-46(58)32-13-9-30(10-14-32)25-31-11-15-33(16-12-31)47(59)49-27-37-41(6-2)55-45-39(29-51-57(45)8-4)43(37)53-35-19-23-61-24-20-35/h9-16,28-29,34-35H,5-8,17-27H2,1-4H3,(H,48,58)(H,49,59)(H,52,54)(H,53,55). The van der Waals surface area contributed by atoms with Crippen LogP contribution < -0.4 is 21.3 Å². The first kappa shape index (κ1) is 41.9. The maximum atomic E-state index is 13.5. The number of ether oxygens (including phenoxy) is 2. The van der Waals surface area contributed by atoms with Crippen molar-refractivity contribution in [2.75, 3.05) is 37.1 Å². The summed E-state index contributed by atoms with van der Waals surface area (Å²) >= 11 is 0. The van der Waals surface area contributed by atoms with Gasteiger partial charge in [-0.2, -0.15) is 10.2 Å². The molecule has 0 bridgehead atoms. The van der Waals surface area contributed by atoms with Crippen molar-refractivity contribution in [2.45, 2.75) is 111 Å². The number of nitrogens with zero attached hydrogens (tertiary/aromatic N) is 6. The number of aryl methyl sites for hydroxylation is 4. The fourth-order valence-corrected chi connectivity index (χ4v) is 8.53. The van der Waals surface area contributed by atoms with Gasteiger partial charge in [-0.25, -0.2) is 19.3 Å². The van der Waals surface area contributed by atoms with Gasteiger partial charge in [0, 0.05) is 98.3 Å². The van der Waals surface area contributed by atoms with E-state index in [2.05, 4.69) is 59.2 Å². The molecule has 320 valence electrons. The minimum atomic E-state index is -0.144. The molecule has 0 spiro atoms. The van der Waals surface area contributed by atoms with E-state index in [0.29, 0.717) is 30.6 Å². The minimum absolute atomic E-state index is 0.144. The molecule has 2 aliphatic rings. The third kappa shape index (κ3) is 9.25. The van der Waals surface area contributed by atoms with Crippen LogP contribution in [0.15, 0.2) is 60.9 Å². The van der Waals surface area contributed by atoms with Crippen LogP contribution in [0.25, 0.3) is 22.1 Å². The van der Waals surface area contributed by atoms with Crippen LogP contribution in [-0.4, -0.2) is 79.9 Å². The summed E-state index contributed by atoms with van der Waals surface area (Å²) in [5, 5.41) is 25.1. The molecular weight excluding hydrogens is 769 g/mol. The Balaban J connectivity index is 0.907. The molecule has 2 amide bonds. The third-order valence-electron chi connectivity index (χ3n) is 12.0. The van der Waals surface area contributed by atoms with Gasteiger partial charge >= 0.3 is 0 Å². The van der Waals surface area contributed by atoms with Gasteiger partial charge < -0.3 is 30.7 Å². The van der Waals surface area contributed by atoms with Crippen molar-refractivity contribution in [1.29, 1.82) is 0 Å². The highest BCUT2D eigenvalue weighted by Gasteiger charge is 2.24. The maximum absolute atomic E-state index is 13.5. The van der Waals surface area contributed by atoms with Gasteiger partial charge in [0.15, 0.2) is 11.3 Å². The first-order valence-electron chi connectivity index (χ1n) is 22.0. The number of anilines is 2. The zero-order valence-electron chi connectivity index (χ0n) is 35.9. The SMILES string of the molecule is CCc1nc2c(cnn2CC)c(NC2CCOCC2)c1CNC(=O)c1ccc(Cc2ccc(C(=O)NCc3c(CC)nc4c(cnn4CC)c3NC3CCOCC3)cc2)cc1. The molecule has 8 rings (SSSR count). The second kappa shape index (κ2) is 19.2. The van der Waals surface area contributed by atoms with Crippen molar-refractivity contribution in [3.8, 4) is 0 Å². The summed E-state index contributed by atoms with van der Waals surface area (Å²) in [6.45, 7) is 13.4. The number of rotatable bonds is 16. The maximum Gasteiger partial charge on any atom is 0.251 e. The molecule has 2 saturated heterocycles. The predicted octanol–water partition coefficient (Wildman–Crippen LogP) is 6.97. The van der Waals surface area contributed by atoms with Gasteiger partial charge in [0.1, 0.15) is 0 Å². The zero-order chi connectivity index (χ0) is 42.3. The molecule has 14 nitrogen and oxygen atoms in total. The Morgan fingerprint density at radius 3 is 1.36 bits per heavy atom. The Bertz CT molecular complexity index is 2290. The number of fused-ring (bicyclic) bond motifs is 2. The molecule has 2 aliphatic heterocycles. The van der Waals surface area contributed by atoms with Crippen LogP contribution in [0.3, 0.4) is 0 Å². The Kier molecular flexibility index (Phi) is 13.2. The zero-order valence-corrected chi connectivity index (χ0v) is 35.9. The first-order valence-corrected chi connectivity index (χ1v) is 22.0. The molecule has 0 unspecified atom stereocenters. The number of pyridine rings is 2. The molecule has 2 fully saturated rings. The van der Waals surface area contributed by atoms with E-state index in [4.69, 9.17) is 19.4 Å². The lowest BCUT2D eigenvalue weighted by Crippen LogP contribution is -2.30. The summed E-state index contributed by atoms with van der Waals surface area (Å²) in [6.07, 6.45) is 9.58. The summed E-state index contributed by atoms with van der Waals surface area (Å²) in [6, 6.07) is 16.0. The monoisotopic (exact) mass is 826 g/mol. The Morgan fingerprint density at radius 2 is 1.00 bits per heavy atom. The topological polar surface area (TPSA) is 162 Å². The van der Waals surface area contributed by atoms with E-state index in [1.54, 1.807) is 0 Å².